The molecule has 0 amide bonds. The first-order valence-electron chi connectivity index (χ1n) is 6.02. The number of hydrogen-bond donors (Lipinski definition) is 2. The van der Waals surface area contributed by atoms with Gasteiger partial charge in [0.2, 0.25) is 0 Å². The highest BCUT2D eigenvalue weighted by Gasteiger charge is 2.19. The second kappa shape index (κ2) is 5.72. The molecule has 0 heterocycles. The van der Waals surface area contributed by atoms with Crippen LogP contribution in [0.1, 0.15) is 15.9 Å². The normalized spacial score (nSPS) is 11.2. The van der Waals surface area contributed by atoms with E-state index in [0.717, 1.165) is 18.2 Å². The molecule has 0 spiro atoms. The summed E-state index contributed by atoms with van der Waals surface area (Å²) in [7, 11) is -4.20. The SMILES string of the molecule is Cc1ccc(S(=O)(=O)Nc2ccc(F)cc2F)cc1C(=O)O. The topological polar surface area (TPSA) is 83.5 Å². The number of halogens is 2. The van der Waals surface area contributed by atoms with Gasteiger partial charge in [-0.3, -0.25) is 4.72 Å². The minimum atomic E-state index is -4.20. The van der Waals surface area contributed by atoms with E-state index in [-0.39, 0.29) is 10.5 Å². The Kier molecular flexibility index (Phi) is 4.14. The van der Waals surface area contributed by atoms with Gasteiger partial charge in [0.25, 0.3) is 10.0 Å². The largest absolute Gasteiger partial charge is 0.478 e. The molecule has 0 aromatic heterocycles. The summed E-state index contributed by atoms with van der Waals surface area (Å²) in [6.07, 6.45) is 0. The summed E-state index contributed by atoms with van der Waals surface area (Å²) in [5.41, 5.74) is -0.222. The summed E-state index contributed by atoms with van der Waals surface area (Å²) in [5.74, 6) is -3.19. The van der Waals surface area contributed by atoms with Crippen molar-refractivity contribution < 1.29 is 27.1 Å². The third-order valence-electron chi connectivity index (χ3n) is 2.93. The van der Waals surface area contributed by atoms with Crippen LogP contribution in [0, 0.1) is 18.6 Å². The average Bonchev–Trinajstić information content (AvgIpc) is 2.42. The summed E-state index contributed by atoms with van der Waals surface area (Å²) in [6.45, 7) is 1.52. The number of aromatic carboxylic acids is 1. The number of rotatable bonds is 4. The Morgan fingerprint density at radius 1 is 1.14 bits per heavy atom. The molecule has 8 heteroatoms. The lowest BCUT2D eigenvalue weighted by atomic mass is 10.1. The van der Waals surface area contributed by atoms with Crippen LogP contribution in [0.25, 0.3) is 0 Å². The van der Waals surface area contributed by atoms with Gasteiger partial charge in [-0.05, 0) is 36.8 Å². The third kappa shape index (κ3) is 3.22. The molecule has 5 nitrogen and oxygen atoms in total. The zero-order valence-corrected chi connectivity index (χ0v) is 12.1. The van der Waals surface area contributed by atoms with Crippen LogP contribution in [0.4, 0.5) is 14.5 Å². The van der Waals surface area contributed by atoms with Gasteiger partial charge in [0.15, 0.2) is 0 Å². The van der Waals surface area contributed by atoms with Crippen molar-refractivity contribution in [3.05, 3.63) is 59.2 Å². The number of carboxylic acids is 1. The summed E-state index contributed by atoms with van der Waals surface area (Å²) < 4.78 is 52.6. The highest BCUT2D eigenvalue weighted by atomic mass is 32.2. The average molecular weight is 327 g/mol. The van der Waals surface area contributed by atoms with Gasteiger partial charge >= 0.3 is 5.97 Å². The quantitative estimate of drug-likeness (QED) is 0.904. The fraction of sp³-hybridized carbons (Fsp3) is 0.0714. The lowest BCUT2D eigenvalue weighted by molar-refractivity contribution is 0.0696. The highest BCUT2D eigenvalue weighted by Crippen LogP contribution is 2.21. The minimum Gasteiger partial charge on any atom is -0.478 e. The first kappa shape index (κ1) is 15.9. The monoisotopic (exact) mass is 327 g/mol. The minimum absolute atomic E-state index is 0.178. The van der Waals surface area contributed by atoms with Gasteiger partial charge in [-0.15, -0.1) is 0 Å². The van der Waals surface area contributed by atoms with Crippen molar-refractivity contribution in [2.45, 2.75) is 11.8 Å². The third-order valence-corrected chi connectivity index (χ3v) is 4.29. The van der Waals surface area contributed by atoms with Crippen LogP contribution in [0.15, 0.2) is 41.3 Å². The molecule has 2 aromatic carbocycles. The smallest absolute Gasteiger partial charge is 0.335 e. The molecule has 0 saturated heterocycles. The van der Waals surface area contributed by atoms with E-state index in [2.05, 4.69) is 0 Å². The second-order valence-electron chi connectivity index (χ2n) is 4.51. The predicted octanol–water partition coefficient (Wildman–Crippen LogP) is 2.77. The molecule has 0 aliphatic carbocycles. The van der Waals surface area contributed by atoms with E-state index < -0.39 is 33.3 Å². The van der Waals surface area contributed by atoms with Crippen molar-refractivity contribution in [1.29, 1.82) is 0 Å². The van der Waals surface area contributed by atoms with Crippen LogP contribution in [-0.4, -0.2) is 19.5 Å². The van der Waals surface area contributed by atoms with Gasteiger partial charge < -0.3 is 5.11 Å². The number of benzene rings is 2. The van der Waals surface area contributed by atoms with E-state index in [1.54, 1.807) is 0 Å². The predicted molar refractivity (Wildman–Crippen MR) is 75.3 cm³/mol. The standard InChI is InChI=1S/C14H11F2NO4S/c1-8-2-4-10(7-11(8)14(18)19)22(20,21)17-13-5-3-9(15)6-12(13)16/h2-7,17H,1H3,(H,18,19). The Bertz CT molecular complexity index is 850. The molecule has 2 N–H and O–H groups in total. The van der Waals surface area contributed by atoms with E-state index in [1.165, 1.54) is 19.1 Å². The second-order valence-corrected chi connectivity index (χ2v) is 6.19. The van der Waals surface area contributed by atoms with Gasteiger partial charge in [0, 0.05) is 6.07 Å². The molecule has 2 rings (SSSR count). The Labute approximate surface area is 125 Å². The summed E-state index contributed by atoms with van der Waals surface area (Å²) in [5, 5.41) is 9.00. The zero-order chi connectivity index (χ0) is 16.5. The molecule has 0 fully saturated rings. The number of sulfonamides is 1. The van der Waals surface area contributed by atoms with Crippen molar-refractivity contribution in [2.75, 3.05) is 4.72 Å². The summed E-state index contributed by atoms with van der Waals surface area (Å²) >= 11 is 0. The van der Waals surface area contributed by atoms with E-state index >= 15 is 0 Å². The van der Waals surface area contributed by atoms with Gasteiger partial charge in [-0.1, -0.05) is 6.07 Å². The lowest BCUT2D eigenvalue weighted by Crippen LogP contribution is -2.15. The van der Waals surface area contributed by atoms with Crippen LogP contribution in [0.3, 0.4) is 0 Å². The number of aryl methyl sites for hydroxylation is 1. The number of carbonyl (C=O) groups is 1. The molecular formula is C14H11F2NO4S. The molecule has 116 valence electrons. The van der Waals surface area contributed by atoms with Crippen LogP contribution < -0.4 is 4.72 Å². The maximum atomic E-state index is 13.5. The molecule has 0 saturated carbocycles. The molecular weight excluding hydrogens is 316 g/mol. The molecule has 0 atom stereocenters. The number of carboxylic acid groups (broad SMARTS) is 1. The molecule has 0 radical (unpaired) electrons. The van der Waals surface area contributed by atoms with Crippen molar-refractivity contribution in [1.82, 2.24) is 0 Å². The van der Waals surface area contributed by atoms with Crippen LogP contribution in [0.2, 0.25) is 0 Å². The van der Waals surface area contributed by atoms with Crippen molar-refractivity contribution in [3.63, 3.8) is 0 Å². The molecule has 0 aliphatic heterocycles. The van der Waals surface area contributed by atoms with Crippen LogP contribution in [-0.2, 0) is 10.0 Å². The summed E-state index contributed by atoms with van der Waals surface area (Å²) in [4.78, 5) is 10.7. The lowest BCUT2D eigenvalue weighted by Gasteiger charge is -2.10. The first-order valence-corrected chi connectivity index (χ1v) is 7.51. The van der Waals surface area contributed by atoms with Crippen molar-refractivity contribution in [3.8, 4) is 0 Å². The van der Waals surface area contributed by atoms with Gasteiger partial charge in [-0.2, -0.15) is 0 Å². The molecule has 2 aromatic rings. The van der Waals surface area contributed by atoms with Crippen LogP contribution >= 0.6 is 0 Å². The van der Waals surface area contributed by atoms with Gasteiger partial charge in [-0.25, -0.2) is 22.0 Å². The number of anilines is 1. The Morgan fingerprint density at radius 3 is 2.41 bits per heavy atom. The summed E-state index contributed by atoms with van der Waals surface area (Å²) in [6, 6.07) is 5.88. The molecule has 0 aliphatic rings. The molecule has 0 unspecified atom stereocenters. The van der Waals surface area contributed by atoms with Crippen molar-refractivity contribution in [2.24, 2.45) is 0 Å². The van der Waals surface area contributed by atoms with Gasteiger partial charge in [0.05, 0.1) is 16.1 Å². The molecule has 22 heavy (non-hydrogen) atoms. The van der Waals surface area contributed by atoms with E-state index in [1.807, 2.05) is 4.72 Å². The number of hydrogen-bond acceptors (Lipinski definition) is 3. The van der Waals surface area contributed by atoms with Crippen molar-refractivity contribution >= 4 is 21.7 Å². The Balaban J connectivity index is 2.42. The first-order chi connectivity index (χ1) is 10.2. The van der Waals surface area contributed by atoms with Gasteiger partial charge in [0.1, 0.15) is 11.6 Å². The Hall–Kier alpha value is -2.48. The van der Waals surface area contributed by atoms with E-state index in [4.69, 9.17) is 5.11 Å². The Morgan fingerprint density at radius 2 is 1.82 bits per heavy atom. The maximum absolute atomic E-state index is 13.5. The van der Waals surface area contributed by atoms with E-state index in [0.29, 0.717) is 11.6 Å². The zero-order valence-electron chi connectivity index (χ0n) is 11.3. The maximum Gasteiger partial charge on any atom is 0.335 e. The molecule has 0 bridgehead atoms. The van der Waals surface area contributed by atoms with Crippen LogP contribution in [0.5, 0.6) is 0 Å². The fourth-order valence-corrected chi connectivity index (χ4v) is 2.87. The van der Waals surface area contributed by atoms with E-state index in [9.17, 15) is 22.0 Å². The highest BCUT2D eigenvalue weighted by molar-refractivity contribution is 7.92. The number of nitrogens with one attached hydrogen (secondary N) is 1. The fourth-order valence-electron chi connectivity index (χ4n) is 1.77.